The number of hydrogen-bond donors (Lipinski definition) is 1. The van der Waals surface area contributed by atoms with E-state index in [0.29, 0.717) is 0 Å². The highest BCUT2D eigenvalue weighted by Gasteiger charge is 2.31. The average molecular weight is 180 g/mol. The maximum absolute atomic E-state index is 3.53. The molecule has 0 aromatic heterocycles. The minimum absolute atomic E-state index is 0.767. The molecular weight excluding hydrogens is 160 g/mol. The van der Waals surface area contributed by atoms with Crippen LogP contribution in [0.15, 0.2) is 11.8 Å². The van der Waals surface area contributed by atoms with Crippen molar-refractivity contribution in [1.82, 2.24) is 10.2 Å². The molecular formula is C11H20N2. The lowest BCUT2D eigenvalue weighted by atomic mass is 9.82. The van der Waals surface area contributed by atoms with Gasteiger partial charge in [-0.15, -0.1) is 0 Å². The Hall–Kier alpha value is -0.500. The van der Waals surface area contributed by atoms with Crippen molar-refractivity contribution >= 4 is 0 Å². The van der Waals surface area contributed by atoms with Crippen LogP contribution in [0.25, 0.3) is 0 Å². The summed E-state index contributed by atoms with van der Waals surface area (Å²) in [5.74, 6) is 0.844. The van der Waals surface area contributed by atoms with E-state index in [1.807, 2.05) is 0 Å². The van der Waals surface area contributed by atoms with Crippen LogP contribution in [0.5, 0.6) is 0 Å². The van der Waals surface area contributed by atoms with E-state index in [1.165, 1.54) is 25.7 Å². The highest BCUT2D eigenvalue weighted by atomic mass is 15.1. The molecule has 0 bridgehead atoms. The summed E-state index contributed by atoms with van der Waals surface area (Å²) in [6, 6.07) is 0.767. The maximum atomic E-state index is 3.53. The molecule has 0 aromatic carbocycles. The second-order valence-electron chi connectivity index (χ2n) is 4.62. The minimum Gasteiger partial charge on any atom is -0.388 e. The van der Waals surface area contributed by atoms with Gasteiger partial charge >= 0.3 is 0 Å². The Morgan fingerprint density at radius 1 is 1.38 bits per heavy atom. The van der Waals surface area contributed by atoms with Crippen LogP contribution in [0.2, 0.25) is 0 Å². The first-order valence-electron chi connectivity index (χ1n) is 5.37. The van der Waals surface area contributed by atoms with Crippen LogP contribution in [0.3, 0.4) is 0 Å². The van der Waals surface area contributed by atoms with Crippen LogP contribution >= 0.6 is 0 Å². The molecule has 0 aromatic rings. The van der Waals surface area contributed by atoms with E-state index < -0.39 is 0 Å². The predicted octanol–water partition coefficient (Wildman–Crippen LogP) is 1.59. The van der Waals surface area contributed by atoms with Gasteiger partial charge in [0.15, 0.2) is 0 Å². The molecule has 0 radical (unpaired) electrons. The minimum atomic E-state index is 0.767. The van der Waals surface area contributed by atoms with Crippen molar-refractivity contribution in [1.29, 1.82) is 0 Å². The third-order valence-electron chi connectivity index (χ3n) is 3.22. The fourth-order valence-corrected chi connectivity index (χ4v) is 2.62. The lowest BCUT2D eigenvalue weighted by Gasteiger charge is -2.28. The van der Waals surface area contributed by atoms with Crippen LogP contribution in [-0.4, -0.2) is 31.6 Å². The average Bonchev–Trinajstić information content (AvgIpc) is 2.48. The third kappa shape index (κ3) is 1.88. The molecule has 1 aliphatic carbocycles. The molecule has 13 heavy (non-hydrogen) atoms. The quantitative estimate of drug-likeness (QED) is 0.694. The van der Waals surface area contributed by atoms with Gasteiger partial charge in [-0.25, -0.2) is 0 Å². The normalized spacial score (nSPS) is 32.7. The van der Waals surface area contributed by atoms with Gasteiger partial charge < -0.3 is 10.2 Å². The predicted molar refractivity (Wildman–Crippen MR) is 55.5 cm³/mol. The summed E-state index contributed by atoms with van der Waals surface area (Å²) < 4.78 is 0. The number of rotatable bonds is 2. The SMILES string of the molecule is CN(C)CC1=CNC2CCCCC12. The summed E-state index contributed by atoms with van der Waals surface area (Å²) in [4.78, 5) is 2.27. The number of likely N-dealkylation sites (N-methyl/N-ethyl adjacent to an activating group) is 1. The Kier molecular flexibility index (Phi) is 2.58. The molecule has 2 atom stereocenters. The van der Waals surface area contributed by atoms with Gasteiger partial charge in [-0.2, -0.15) is 0 Å². The first kappa shape index (κ1) is 9.07. The van der Waals surface area contributed by atoms with Crippen molar-refractivity contribution in [3.8, 4) is 0 Å². The summed E-state index contributed by atoms with van der Waals surface area (Å²) in [7, 11) is 4.30. The molecule has 2 heteroatoms. The molecule has 2 aliphatic rings. The van der Waals surface area contributed by atoms with Crippen molar-refractivity contribution in [2.24, 2.45) is 5.92 Å². The highest BCUT2D eigenvalue weighted by Crippen LogP contribution is 2.33. The third-order valence-corrected chi connectivity index (χ3v) is 3.22. The van der Waals surface area contributed by atoms with Crippen LogP contribution in [-0.2, 0) is 0 Å². The Balaban J connectivity index is 1.97. The van der Waals surface area contributed by atoms with Crippen LogP contribution in [0.1, 0.15) is 25.7 Å². The fourth-order valence-electron chi connectivity index (χ4n) is 2.62. The Morgan fingerprint density at radius 3 is 2.92 bits per heavy atom. The molecule has 74 valence electrons. The van der Waals surface area contributed by atoms with Crippen LogP contribution < -0.4 is 5.32 Å². The van der Waals surface area contributed by atoms with Crippen LogP contribution in [0, 0.1) is 5.92 Å². The van der Waals surface area contributed by atoms with Crippen molar-refractivity contribution in [3.05, 3.63) is 11.8 Å². The summed E-state index contributed by atoms with van der Waals surface area (Å²) in [5, 5.41) is 3.53. The zero-order valence-electron chi connectivity index (χ0n) is 8.71. The molecule has 0 amide bonds. The molecule has 1 aliphatic heterocycles. The molecule has 2 unspecified atom stereocenters. The van der Waals surface area contributed by atoms with Crippen molar-refractivity contribution < 1.29 is 0 Å². The lowest BCUT2D eigenvalue weighted by molar-refractivity contribution is 0.323. The Labute approximate surface area is 81.0 Å². The Morgan fingerprint density at radius 2 is 2.15 bits per heavy atom. The smallest absolute Gasteiger partial charge is 0.0322 e. The van der Waals surface area contributed by atoms with E-state index in [-0.39, 0.29) is 0 Å². The second kappa shape index (κ2) is 3.70. The topological polar surface area (TPSA) is 15.3 Å². The summed E-state index contributed by atoms with van der Waals surface area (Å²) in [5.41, 5.74) is 1.62. The fraction of sp³-hybridized carbons (Fsp3) is 0.818. The van der Waals surface area contributed by atoms with E-state index >= 15 is 0 Å². The molecule has 0 saturated heterocycles. The maximum Gasteiger partial charge on any atom is 0.0322 e. The van der Waals surface area contributed by atoms with E-state index in [9.17, 15) is 0 Å². The standard InChI is InChI=1S/C11H20N2/c1-13(2)8-9-7-12-11-6-4-3-5-10(9)11/h7,10-12H,3-6,8H2,1-2H3. The lowest BCUT2D eigenvalue weighted by Crippen LogP contribution is -2.31. The van der Waals surface area contributed by atoms with Gasteiger partial charge in [-0.1, -0.05) is 12.8 Å². The zero-order valence-corrected chi connectivity index (χ0v) is 8.71. The molecule has 1 fully saturated rings. The van der Waals surface area contributed by atoms with E-state index in [0.717, 1.165) is 18.5 Å². The van der Waals surface area contributed by atoms with Crippen molar-refractivity contribution in [2.75, 3.05) is 20.6 Å². The van der Waals surface area contributed by atoms with Gasteiger partial charge in [0.25, 0.3) is 0 Å². The number of hydrogen-bond acceptors (Lipinski definition) is 2. The summed E-state index contributed by atoms with van der Waals surface area (Å²) in [6.07, 6.45) is 7.88. The number of nitrogens with zero attached hydrogens (tertiary/aromatic N) is 1. The second-order valence-corrected chi connectivity index (χ2v) is 4.62. The molecule has 1 heterocycles. The number of fused-ring (bicyclic) bond motifs is 1. The van der Waals surface area contributed by atoms with Gasteiger partial charge in [0.05, 0.1) is 0 Å². The molecule has 2 nitrogen and oxygen atoms in total. The molecule has 0 spiro atoms. The molecule has 2 rings (SSSR count). The first-order chi connectivity index (χ1) is 6.27. The van der Waals surface area contributed by atoms with Crippen molar-refractivity contribution in [2.45, 2.75) is 31.7 Å². The summed E-state index contributed by atoms with van der Waals surface area (Å²) >= 11 is 0. The molecule has 1 N–H and O–H groups in total. The zero-order chi connectivity index (χ0) is 9.26. The van der Waals surface area contributed by atoms with Gasteiger partial charge in [0, 0.05) is 18.5 Å². The van der Waals surface area contributed by atoms with E-state index in [4.69, 9.17) is 0 Å². The van der Waals surface area contributed by atoms with Gasteiger partial charge in [0.2, 0.25) is 0 Å². The van der Waals surface area contributed by atoms with E-state index in [1.54, 1.807) is 5.57 Å². The van der Waals surface area contributed by atoms with Crippen LogP contribution in [0.4, 0.5) is 0 Å². The van der Waals surface area contributed by atoms with Gasteiger partial charge in [0.1, 0.15) is 0 Å². The number of nitrogens with one attached hydrogen (secondary N) is 1. The van der Waals surface area contributed by atoms with Gasteiger partial charge in [-0.3, -0.25) is 0 Å². The Bertz CT molecular complexity index is 208. The van der Waals surface area contributed by atoms with Crippen molar-refractivity contribution in [3.63, 3.8) is 0 Å². The van der Waals surface area contributed by atoms with E-state index in [2.05, 4.69) is 30.5 Å². The largest absolute Gasteiger partial charge is 0.388 e. The monoisotopic (exact) mass is 180 g/mol. The molecule has 1 saturated carbocycles. The highest BCUT2D eigenvalue weighted by molar-refractivity contribution is 5.18. The first-order valence-corrected chi connectivity index (χ1v) is 5.37. The van der Waals surface area contributed by atoms with Gasteiger partial charge in [-0.05, 0) is 38.7 Å². The summed E-state index contributed by atoms with van der Waals surface area (Å²) in [6.45, 7) is 1.13.